The summed E-state index contributed by atoms with van der Waals surface area (Å²) in [5.41, 5.74) is 5.46. The molecule has 0 bridgehead atoms. The quantitative estimate of drug-likeness (QED) is 0.549. The van der Waals surface area contributed by atoms with Gasteiger partial charge in [0, 0.05) is 22.9 Å². The van der Waals surface area contributed by atoms with Gasteiger partial charge in [-0.05, 0) is 39.8 Å². The van der Waals surface area contributed by atoms with E-state index in [1.807, 2.05) is 0 Å². The Hall–Kier alpha value is -1.21. The maximum absolute atomic E-state index is 2.27. The van der Waals surface area contributed by atoms with Crippen molar-refractivity contribution in [3.05, 3.63) is 58.7 Å². The molecule has 2 aromatic carbocycles. The fraction of sp³-hybridized carbons (Fsp3) is 0.250. The van der Waals surface area contributed by atoms with E-state index in [2.05, 4.69) is 64.1 Å². The third kappa shape index (κ3) is 2.92. The average molecular weight is 243 g/mol. The van der Waals surface area contributed by atoms with Gasteiger partial charge in [-0.3, -0.25) is 0 Å². The third-order valence-electron chi connectivity index (χ3n) is 2.91. The van der Waals surface area contributed by atoms with Crippen LogP contribution in [0, 0.1) is 27.7 Å². The van der Waals surface area contributed by atoms with Gasteiger partial charge in [0.25, 0.3) is 0 Å². The molecule has 0 aliphatic rings. The van der Waals surface area contributed by atoms with E-state index < -0.39 is 0 Å². The van der Waals surface area contributed by atoms with Crippen LogP contribution in [0.3, 0.4) is 0 Å². The van der Waals surface area contributed by atoms with E-state index in [-0.39, 0.29) is 0 Å². The fourth-order valence-electron chi connectivity index (χ4n) is 2.10. The second-order valence-corrected chi connectivity index (χ2v) is 5.88. The maximum atomic E-state index is 2.27. The van der Waals surface area contributed by atoms with Crippen LogP contribution in [0.15, 0.2) is 46.2 Å². The van der Waals surface area contributed by atoms with Crippen LogP contribution in [0.1, 0.15) is 22.3 Å². The van der Waals surface area contributed by atoms with Crippen molar-refractivity contribution < 1.29 is 0 Å². The molecule has 0 spiro atoms. The molecule has 0 nitrogen and oxygen atoms in total. The van der Waals surface area contributed by atoms with Crippen molar-refractivity contribution in [2.24, 2.45) is 0 Å². The number of hydrogen-bond donors (Lipinski definition) is 0. The molecule has 2 aromatic rings. The molecule has 0 aliphatic heterocycles. The number of rotatable bonds is 2. The molecule has 0 heterocycles. The van der Waals surface area contributed by atoms with Gasteiger partial charge >= 0.3 is 0 Å². The van der Waals surface area contributed by atoms with Crippen LogP contribution in [-0.4, -0.2) is 0 Å². The fourth-order valence-corrected chi connectivity index (χ4v) is 3.14. The molecule has 17 heavy (non-hydrogen) atoms. The van der Waals surface area contributed by atoms with E-state index in [0.29, 0.717) is 0 Å². The number of benzene rings is 2. The minimum atomic E-state index is 1.31. The summed E-state index contributed by atoms with van der Waals surface area (Å²) < 4.78 is 0. The lowest BCUT2D eigenvalue weighted by atomic mass is 10.1. The number of aryl methyl sites for hydroxylation is 4. The maximum Gasteiger partial charge on any atom is 0.164 e. The molecule has 0 aliphatic carbocycles. The van der Waals surface area contributed by atoms with Gasteiger partial charge in [0.15, 0.2) is 9.79 Å². The Balaban J connectivity index is 2.33. The zero-order valence-electron chi connectivity index (χ0n) is 10.9. The van der Waals surface area contributed by atoms with Crippen molar-refractivity contribution in [1.29, 1.82) is 0 Å². The van der Waals surface area contributed by atoms with Gasteiger partial charge in [-0.2, -0.15) is 0 Å². The molecule has 0 unspecified atom stereocenters. The first-order valence-corrected chi connectivity index (χ1v) is 6.82. The summed E-state index contributed by atoms with van der Waals surface area (Å²) in [4.78, 5) is 2.81. The van der Waals surface area contributed by atoms with Gasteiger partial charge < -0.3 is 0 Å². The predicted octanol–water partition coefficient (Wildman–Crippen LogP) is 4.15. The van der Waals surface area contributed by atoms with Gasteiger partial charge in [-0.15, -0.1) is 0 Å². The van der Waals surface area contributed by atoms with Crippen LogP contribution < -0.4 is 0 Å². The van der Waals surface area contributed by atoms with Crippen LogP contribution in [0.25, 0.3) is 0 Å². The summed E-state index contributed by atoms with van der Waals surface area (Å²) >= 11 is 1.31. The number of thiol groups is 1. The highest BCUT2D eigenvalue weighted by atomic mass is 32.2. The Kier molecular flexibility index (Phi) is 3.58. The van der Waals surface area contributed by atoms with Gasteiger partial charge in [-0.1, -0.05) is 35.4 Å². The highest BCUT2D eigenvalue weighted by molar-refractivity contribution is 7.78. The first-order chi connectivity index (χ1) is 8.06. The Labute approximate surface area is 108 Å². The second-order valence-electron chi connectivity index (χ2n) is 4.69. The Bertz CT molecular complexity index is 501. The molecule has 88 valence electrons. The third-order valence-corrected chi connectivity index (χ3v) is 4.40. The largest absolute Gasteiger partial charge is 0.164 e. The highest BCUT2D eigenvalue weighted by Gasteiger charge is 2.13. The van der Waals surface area contributed by atoms with Crippen molar-refractivity contribution >= 4 is 11.8 Å². The molecule has 0 radical (unpaired) electrons. The summed E-state index contributed by atoms with van der Waals surface area (Å²) in [6.45, 7) is 8.70. The van der Waals surface area contributed by atoms with Crippen LogP contribution in [0.5, 0.6) is 0 Å². The van der Waals surface area contributed by atoms with Gasteiger partial charge in [-0.25, -0.2) is 0 Å². The second kappa shape index (κ2) is 4.97. The van der Waals surface area contributed by atoms with Crippen LogP contribution >= 0.6 is 0 Å². The predicted molar refractivity (Wildman–Crippen MR) is 77.1 cm³/mol. The van der Waals surface area contributed by atoms with E-state index in [4.69, 9.17) is 0 Å². The molecule has 0 fully saturated rings. The molecule has 0 atom stereocenters. The zero-order valence-corrected chi connectivity index (χ0v) is 11.8. The molecule has 1 heteroatoms. The van der Waals surface area contributed by atoms with E-state index in [0.717, 1.165) is 0 Å². The molecule has 0 aromatic heterocycles. The highest BCUT2D eigenvalue weighted by Crippen LogP contribution is 2.22. The average Bonchev–Trinajstić information content (AvgIpc) is 2.26. The number of hydrogen-bond acceptors (Lipinski definition) is 0. The molecule has 0 saturated carbocycles. The Morgan fingerprint density at radius 2 is 1.24 bits per heavy atom. The molecule has 0 amide bonds. The van der Waals surface area contributed by atoms with Crippen molar-refractivity contribution in [1.82, 2.24) is 0 Å². The van der Waals surface area contributed by atoms with Crippen LogP contribution in [-0.2, 0) is 11.8 Å². The van der Waals surface area contributed by atoms with E-state index >= 15 is 0 Å². The van der Waals surface area contributed by atoms with Gasteiger partial charge in [0.1, 0.15) is 0 Å². The monoisotopic (exact) mass is 243 g/mol. The van der Waals surface area contributed by atoms with E-state index in [1.54, 1.807) is 0 Å². The SMILES string of the molecule is Cc1ccc([SH+]c2c(C)cc(C)cc2C)cc1. The molecular weight excluding hydrogens is 224 g/mol. The molecule has 0 N–H and O–H groups in total. The van der Waals surface area contributed by atoms with E-state index in [1.165, 1.54) is 43.8 Å². The molecular formula is C16H19S+. The first kappa shape index (κ1) is 12.3. The van der Waals surface area contributed by atoms with E-state index in [9.17, 15) is 0 Å². The standard InChI is InChI=1S/C16H18S/c1-11-5-7-15(8-6-11)17-16-13(3)9-12(2)10-14(16)4/h5-10H,1-4H3/p+1. The summed E-state index contributed by atoms with van der Waals surface area (Å²) in [6, 6.07) is 13.3. The lowest BCUT2D eigenvalue weighted by Crippen LogP contribution is -1.94. The van der Waals surface area contributed by atoms with Crippen molar-refractivity contribution in [3.8, 4) is 0 Å². The molecule has 2 rings (SSSR count). The normalized spacial score (nSPS) is 10.6. The van der Waals surface area contributed by atoms with Crippen LogP contribution in [0.2, 0.25) is 0 Å². The lowest BCUT2D eigenvalue weighted by Gasteiger charge is -2.04. The zero-order chi connectivity index (χ0) is 12.4. The summed E-state index contributed by atoms with van der Waals surface area (Å²) in [5, 5.41) is 0. The Morgan fingerprint density at radius 3 is 1.76 bits per heavy atom. The smallest absolute Gasteiger partial charge is 0.0543 e. The van der Waals surface area contributed by atoms with Gasteiger partial charge in [0.2, 0.25) is 0 Å². The van der Waals surface area contributed by atoms with Crippen molar-refractivity contribution in [2.45, 2.75) is 37.5 Å². The lowest BCUT2D eigenvalue weighted by molar-refractivity contribution is 1.18. The summed E-state index contributed by atoms with van der Waals surface area (Å²) in [6.07, 6.45) is 0. The van der Waals surface area contributed by atoms with Crippen molar-refractivity contribution in [2.75, 3.05) is 0 Å². The molecule has 0 saturated heterocycles. The summed E-state index contributed by atoms with van der Waals surface area (Å²) in [7, 11) is 0. The minimum Gasteiger partial charge on any atom is -0.0543 e. The Morgan fingerprint density at radius 1 is 0.706 bits per heavy atom. The van der Waals surface area contributed by atoms with Crippen molar-refractivity contribution in [3.63, 3.8) is 0 Å². The first-order valence-electron chi connectivity index (χ1n) is 5.92. The van der Waals surface area contributed by atoms with Gasteiger partial charge in [0.05, 0.1) is 0 Å². The topological polar surface area (TPSA) is 0 Å². The van der Waals surface area contributed by atoms with Crippen LogP contribution in [0.4, 0.5) is 0 Å². The minimum absolute atomic E-state index is 1.31. The summed E-state index contributed by atoms with van der Waals surface area (Å²) in [5.74, 6) is 0.